The van der Waals surface area contributed by atoms with Gasteiger partial charge in [-0.3, -0.25) is 0 Å². The molecule has 2 N–H and O–H groups in total. The first kappa shape index (κ1) is 15.3. The predicted octanol–water partition coefficient (Wildman–Crippen LogP) is 1.78. The Kier molecular flexibility index (Phi) is 5.19. The molecule has 1 aromatic carbocycles. The maximum absolute atomic E-state index is 5.84. The average Bonchev–Trinajstić information content (AvgIpc) is 3.17. The molecule has 0 aliphatic carbocycles. The largest absolute Gasteiger partial charge is 0.487 e. The third-order valence-corrected chi connectivity index (χ3v) is 3.07. The molecule has 1 atom stereocenters. The van der Waals surface area contributed by atoms with E-state index in [2.05, 4.69) is 10.3 Å². The van der Waals surface area contributed by atoms with Crippen LogP contribution in [0.4, 0.5) is 0 Å². The maximum atomic E-state index is 5.84. The van der Waals surface area contributed by atoms with Crippen molar-refractivity contribution in [3.05, 3.63) is 42.7 Å². The summed E-state index contributed by atoms with van der Waals surface area (Å²) in [5.41, 5.74) is 7.30. The number of nitrogens with two attached hydrogens (primary N) is 1. The van der Waals surface area contributed by atoms with Crippen molar-refractivity contribution >= 4 is 18.1 Å². The Morgan fingerprint density at radius 1 is 1.33 bits per heavy atom. The summed E-state index contributed by atoms with van der Waals surface area (Å²) in [5, 5.41) is 8.13. The predicted molar refractivity (Wildman–Crippen MR) is 82.3 cm³/mol. The van der Waals surface area contributed by atoms with Crippen LogP contribution in [0.2, 0.25) is 0 Å². The van der Waals surface area contributed by atoms with Crippen LogP contribution in [0.1, 0.15) is 6.42 Å². The Morgan fingerprint density at radius 3 is 2.90 bits per heavy atom. The summed E-state index contributed by atoms with van der Waals surface area (Å²) in [5.74, 6) is 0.765. The minimum Gasteiger partial charge on any atom is -0.487 e. The smallest absolute Gasteiger partial charge is 0.166 e. The molecule has 0 bridgehead atoms. The fraction of sp³-hybridized carbons (Fsp3) is 0.286. The van der Waals surface area contributed by atoms with Gasteiger partial charge in [0.2, 0.25) is 0 Å². The first-order valence-corrected chi connectivity index (χ1v) is 6.50. The van der Waals surface area contributed by atoms with Crippen molar-refractivity contribution in [3.8, 4) is 11.4 Å². The third-order valence-electron chi connectivity index (χ3n) is 3.07. The number of benzene rings is 1. The third kappa shape index (κ3) is 3.53. The number of aromatic nitrogens is 2. The molecule has 21 heavy (non-hydrogen) atoms. The number of ether oxygens (including phenoxy) is 1. The topological polar surface area (TPSA) is 74.7 Å². The van der Waals surface area contributed by atoms with E-state index in [0.717, 1.165) is 23.6 Å². The fourth-order valence-electron chi connectivity index (χ4n) is 2.06. The summed E-state index contributed by atoms with van der Waals surface area (Å²) in [6.07, 6.45) is 4.27. The van der Waals surface area contributed by atoms with Crippen LogP contribution in [0.15, 0.2) is 47.9 Å². The van der Waals surface area contributed by atoms with Crippen LogP contribution >= 0.6 is 12.4 Å². The Bertz CT molecular complexity index is 601. The van der Waals surface area contributed by atoms with Crippen LogP contribution in [0, 0.1) is 0 Å². The lowest BCUT2D eigenvalue weighted by Crippen LogP contribution is -2.21. The van der Waals surface area contributed by atoms with E-state index >= 15 is 0 Å². The van der Waals surface area contributed by atoms with Crippen LogP contribution in [-0.4, -0.2) is 34.7 Å². The lowest BCUT2D eigenvalue weighted by atomic mass is 10.2. The zero-order valence-corrected chi connectivity index (χ0v) is 12.2. The molecule has 1 aliphatic heterocycles. The van der Waals surface area contributed by atoms with Crippen molar-refractivity contribution < 1.29 is 9.57 Å². The van der Waals surface area contributed by atoms with Gasteiger partial charge in [-0.05, 0) is 18.2 Å². The number of halogens is 1. The molecule has 6 nitrogen and oxygen atoms in total. The molecule has 3 rings (SSSR count). The van der Waals surface area contributed by atoms with E-state index in [-0.39, 0.29) is 18.5 Å². The molecule has 0 amide bonds. The van der Waals surface area contributed by atoms with Crippen molar-refractivity contribution in [3.63, 3.8) is 0 Å². The summed E-state index contributed by atoms with van der Waals surface area (Å²) in [6.45, 7) is 0.867. The van der Waals surface area contributed by atoms with Crippen molar-refractivity contribution in [2.75, 3.05) is 13.2 Å². The van der Waals surface area contributed by atoms with Crippen LogP contribution in [-0.2, 0) is 4.84 Å². The molecule has 0 saturated carbocycles. The molecule has 7 heteroatoms. The summed E-state index contributed by atoms with van der Waals surface area (Å²) in [4.78, 5) is 5.27. The molecule has 0 fully saturated rings. The van der Waals surface area contributed by atoms with E-state index in [4.69, 9.17) is 15.3 Å². The molecule has 2 heterocycles. The second kappa shape index (κ2) is 7.10. The van der Waals surface area contributed by atoms with E-state index in [0.29, 0.717) is 13.2 Å². The second-order valence-electron chi connectivity index (χ2n) is 4.52. The van der Waals surface area contributed by atoms with Crippen molar-refractivity contribution in [1.82, 2.24) is 9.78 Å². The van der Waals surface area contributed by atoms with E-state index in [1.54, 1.807) is 10.9 Å². The number of oxime groups is 1. The maximum Gasteiger partial charge on any atom is 0.166 e. The molecule has 1 unspecified atom stereocenters. The quantitative estimate of drug-likeness (QED) is 0.913. The standard InChI is InChI=1S/C14H16N4O2.ClH/c15-9-11-8-12(20-17-11)10-19-14-5-2-1-4-13(14)18-7-3-6-16-18;/h1-7,12H,8-10,15H2;1H. The van der Waals surface area contributed by atoms with E-state index in [9.17, 15) is 0 Å². The molecule has 1 aliphatic rings. The van der Waals surface area contributed by atoms with Crippen molar-refractivity contribution in [2.45, 2.75) is 12.5 Å². The second-order valence-corrected chi connectivity index (χ2v) is 4.52. The molecule has 0 radical (unpaired) electrons. The highest BCUT2D eigenvalue weighted by Gasteiger charge is 2.21. The normalized spacial score (nSPS) is 16.8. The van der Waals surface area contributed by atoms with Gasteiger partial charge in [-0.1, -0.05) is 17.3 Å². The molecular formula is C14H17ClN4O2. The van der Waals surface area contributed by atoms with Gasteiger partial charge in [0, 0.05) is 25.4 Å². The van der Waals surface area contributed by atoms with Gasteiger partial charge in [0.1, 0.15) is 18.0 Å². The number of hydrogen-bond donors (Lipinski definition) is 1. The molecule has 0 spiro atoms. The molecule has 112 valence electrons. The summed E-state index contributed by atoms with van der Waals surface area (Å²) < 4.78 is 7.61. The number of para-hydroxylation sites is 2. The molecule has 2 aromatic rings. The minimum absolute atomic E-state index is 0. The van der Waals surface area contributed by atoms with Gasteiger partial charge in [-0.25, -0.2) is 4.68 Å². The van der Waals surface area contributed by atoms with Crippen LogP contribution < -0.4 is 10.5 Å². The van der Waals surface area contributed by atoms with Gasteiger partial charge >= 0.3 is 0 Å². The summed E-state index contributed by atoms with van der Waals surface area (Å²) >= 11 is 0. The highest BCUT2D eigenvalue weighted by Crippen LogP contribution is 2.22. The highest BCUT2D eigenvalue weighted by molar-refractivity contribution is 5.87. The number of hydrogen-bond acceptors (Lipinski definition) is 5. The monoisotopic (exact) mass is 308 g/mol. The summed E-state index contributed by atoms with van der Waals surface area (Å²) in [7, 11) is 0. The fourth-order valence-corrected chi connectivity index (χ4v) is 2.06. The minimum atomic E-state index is -0.0702. The van der Waals surface area contributed by atoms with Gasteiger partial charge in [0.05, 0.1) is 5.71 Å². The number of rotatable bonds is 5. The Morgan fingerprint density at radius 2 is 2.19 bits per heavy atom. The van der Waals surface area contributed by atoms with E-state index < -0.39 is 0 Å². The van der Waals surface area contributed by atoms with Gasteiger partial charge < -0.3 is 15.3 Å². The van der Waals surface area contributed by atoms with E-state index in [1.807, 2.05) is 36.5 Å². The van der Waals surface area contributed by atoms with Gasteiger partial charge in [0.15, 0.2) is 6.10 Å². The highest BCUT2D eigenvalue weighted by atomic mass is 35.5. The van der Waals surface area contributed by atoms with Crippen LogP contribution in [0.5, 0.6) is 5.75 Å². The Labute approximate surface area is 128 Å². The SMILES string of the molecule is Cl.NCC1=NOC(COc2ccccc2-n2cccn2)C1. The zero-order valence-electron chi connectivity index (χ0n) is 11.4. The molecule has 1 aromatic heterocycles. The average molecular weight is 309 g/mol. The van der Waals surface area contributed by atoms with Crippen molar-refractivity contribution in [1.29, 1.82) is 0 Å². The zero-order chi connectivity index (χ0) is 13.8. The Balaban J connectivity index is 0.00000161. The first-order chi connectivity index (χ1) is 9.86. The van der Waals surface area contributed by atoms with Gasteiger partial charge in [-0.2, -0.15) is 5.10 Å². The van der Waals surface area contributed by atoms with Crippen molar-refractivity contribution in [2.24, 2.45) is 10.9 Å². The lowest BCUT2D eigenvalue weighted by molar-refractivity contribution is 0.0470. The van der Waals surface area contributed by atoms with Crippen LogP contribution in [0.25, 0.3) is 5.69 Å². The summed E-state index contributed by atoms with van der Waals surface area (Å²) in [6, 6.07) is 9.62. The van der Waals surface area contributed by atoms with Gasteiger partial charge in [0.25, 0.3) is 0 Å². The van der Waals surface area contributed by atoms with Crippen LogP contribution in [0.3, 0.4) is 0 Å². The Hall–Kier alpha value is -2.05. The molecule has 0 saturated heterocycles. The first-order valence-electron chi connectivity index (χ1n) is 6.50. The number of nitrogens with zero attached hydrogens (tertiary/aromatic N) is 3. The molecular weight excluding hydrogens is 292 g/mol. The van der Waals surface area contributed by atoms with E-state index in [1.165, 1.54) is 0 Å². The lowest BCUT2D eigenvalue weighted by Gasteiger charge is -2.13. The van der Waals surface area contributed by atoms with Gasteiger partial charge in [-0.15, -0.1) is 12.4 Å².